The first-order valence-corrected chi connectivity index (χ1v) is 28.3. The Balaban J connectivity index is 0.00000153. The molecule has 1 heterocycles. The predicted molar refractivity (Wildman–Crippen MR) is 141 cm³/mol. The van der Waals surface area contributed by atoms with E-state index in [4.69, 9.17) is 0 Å². The van der Waals surface area contributed by atoms with Gasteiger partial charge in [-0.2, -0.15) is 0 Å². The molecule has 0 aromatic heterocycles. The molecule has 1 saturated heterocycles. The molecule has 0 N–H and O–H groups in total. The summed E-state index contributed by atoms with van der Waals surface area (Å²) in [6.45, 7) is 20.0. The van der Waals surface area contributed by atoms with E-state index in [9.17, 15) is 0 Å². The minimum Gasteiger partial charge on any atom is -1.00 e. The van der Waals surface area contributed by atoms with Crippen molar-refractivity contribution >= 4 is 38.7 Å². The summed E-state index contributed by atoms with van der Waals surface area (Å²) >= 11 is -2.60. The van der Waals surface area contributed by atoms with Crippen molar-refractivity contribution in [2.75, 3.05) is 0 Å². The number of allylic oxidation sites excluding steroid dienone is 2. The Kier molecular flexibility index (Phi) is 7.50. The molecule has 3 aliphatic rings. The Bertz CT molecular complexity index is 1060. The Morgan fingerprint density at radius 2 is 1.00 bits per heavy atom. The molecule has 0 amide bonds. The first kappa shape index (κ1) is 27.4. The van der Waals surface area contributed by atoms with Crippen molar-refractivity contribution in [1.82, 2.24) is 0 Å². The van der Waals surface area contributed by atoms with E-state index in [1.54, 1.807) is 52.1 Å². The molecule has 0 saturated carbocycles. The molecular formula is C28H38Cl2HfSi2. The van der Waals surface area contributed by atoms with Crippen LogP contribution in [0.5, 0.6) is 0 Å². The molecule has 0 radical (unpaired) electrons. The summed E-state index contributed by atoms with van der Waals surface area (Å²) < 4.78 is 4.75. The summed E-state index contributed by atoms with van der Waals surface area (Å²) in [5, 5.41) is 3.35. The number of hydrogen-bond acceptors (Lipinski definition) is 0. The van der Waals surface area contributed by atoms with Gasteiger partial charge in [-0.1, -0.05) is 0 Å². The van der Waals surface area contributed by atoms with Gasteiger partial charge in [0.2, 0.25) is 0 Å². The van der Waals surface area contributed by atoms with Gasteiger partial charge < -0.3 is 24.8 Å². The Morgan fingerprint density at radius 1 is 0.636 bits per heavy atom. The van der Waals surface area contributed by atoms with Gasteiger partial charge in [0.25, 0.3) is 0 Å². The summed E-state index contributed by atoms with van der Waals surface area (Å²) in [6, 6.07) is 14.6. The van der Waals surface area contributed by atoms with Crippen molar-refractivity contribution in [3.05, 3.63) is 69.8 Å². The van der Waals surface area contributed by atoms with E-state index in [0.717, 1.165) is 7.35 Å². The second kappa shape index (κ2) is 9.03. The summed E-state index contributed by atoms with van der Waals surface area (Å²) in [5.74, 6) is 0. The first-order chi connectivity index (χ1) is 14.4. The minimum atomic E-state index is -2.60. The zero-order valence-electron chi connectivity index (χ0n) is 21.4. The maximum atomic E-state index is 2.61. The molecule has 176 valence electrons. The van der Waals surface area contributed by atoms with E-state index in [1.165, 1.54) is 0 Å². The molecule has 0 nitrogen and oxygen atoms in total. The van der Waals surface area contributed by atoms with E-state index in [0.29, 0.717) is 0 Å². The monoisotopic (exact) mass is 680 g/mol. The summed E-state index contributed by atoms with van der Waals surface area (Å²) in [6.07, 6.45) is 5.22. The molecule has 2 aromatic carbocycles. The average Bonchev–Trinajstić information content (AvgIpc) is 3.23. The van der Waals surface area contributed by atoms with Crippen LogP contribution in [0.4, 0.5) is 0 Å². The third-order valence-corrected chi connectivity index (χ3v) is 32.0. The van der Waals surface area contributed by atoms with Gasteiger partial charge in [0, 0.05) is 0 Å². The zero-order chi connectivity index (χ0) is 22.3. The van der Waals surface area contributed by atoms with Crippen molar-refractivity contribution in [3.8, 4) is 0 Å². The standard InChI is InChI=1S/2C13H17Si.C2H4.2ClH.Hf/c2*1-10-8-11-6-5-7-13(12(11)9-10)14(2,3)4;1-2;;;/h2*5-9H,1-4H3;1-2H2;2*1H;/q;;;;;+2/p-2. The van der Waals surface area contributed by atoms with Crippen molar-refractivity contribution in [2.45, 2.75) is 68.8 Å². The van der Waals surface area contributed by atoms with Gasteiger partial charge in [0.15, 0.2) is 0 Å². The molecule has 0 spiro atoms. The quantitative estimate of drug-likeness (QED) is 0.429. The van der Waals surface area contributed by atoms with Crippen LogP contribution in [0.2, 0.25) is 47.6 Å². The van der Waals surface area contributed by atoms with Crippen LogP contribution in [0, 0.1) is 0 Å². The maximum Gasteiger partial charge on any atom is -1.00 e. The normalized spacial score (nSPS) is 21.5. The Labute approximate surface area is 220 Å². The molecule has 2 atom stereocenters. The Hall–Kier alpha value is -0.196. The third kappa shape index (κ3) is 4.33. The molecule has 33 heavy (non-hydrogen) atoms. The van der Waals surface area contributed by atoms with Gasteiger partial charge in [-0.25, -0.2) is 0 Å². The van der Waals surface area contributed by atoms with Crippen molar-refractivity contribution < 1.29 is 44.8 Å². The van der Waals surface area contributed by atoms with E-state index < -0.39 is 36.1 Å². The molecular weight excluding hydrogens is 642 g/mol. The average molecular weight is 680 g/mol. The summed E-state index contributed by atoms with van der Waals surface area (Å²) in [5.41, 5.74) is 10.1. The molecule has 5 rings (SSSR count). The van der Waals surface area contributed by atoms with Gasteiger partial charge in [0.1, 0.15) is 0 Å². The number of fused-ring (bicyclic) bond motifs is 2. The van der Waals surface area contributed by atoms with Gasteiger partial charge in [-0.05, 0) is 0 Å². The van der Waals surface area contributed by atoms with E-state index in [2.05, 4.69) is 102 Å². The smallest absolute Gasteiger partial charge is 1.00 e. The van der Waals surface area contributed by atoms with Crippen LogP contribution in [0.1, 0.15) is 43.5 Å². The van der Waals surface area contributed by atoms with Crippen molar-refractivity contribution in [2.24, 2.45) is 0 Å². The van der Waals surface area contributed by atoms with E-state index in [-0.39, 0.29) is 24.8 Å². The second-order valence-corrected chi connectivity index (χ2v) is 39.2. The van der Waals surface area contributed by atoms with Crippen LogP contribution in [0.25, 0.3) is 12.2 Å². The largest absolute Gasteiger partial charge is 1.00 e. The fourth-order valence-electron chi connectivity index (χ4n) is 6.83. The third-order valence-electron chi connectivity index (χ3n) is 8.15. The van der Waals surface area contributed by atoms with E-state index in [1.807, 2.05) is 0 Å². The van der Waals surface area contributed by atoms with Crippen molar-refractivity contribution in [1.29, 1.82) is 0 Å². The number of halogens is 2. The Morgan fingerprint density at radius 3 is 1.30 bits per heavy atom. The van der Waals surface area contributed by atoms with Crippen LogP contribution in [0.3, 0.4) is 0 Å². The van der Waals surface area contributed by atoms with Gasteiger partial charge in [-0.3, -0.25) is 0 Å². The van der Waals surface area contributed by atoms with Gasteiger partial charge in [-0.15, -0.1) is 0 Å². The molecule has 2 unspecified atom stereocenters. The first-order valence-electron chi connectivity index (χ1n) is 12.1. The molecule has 0 bridgehead atoms. The topological polar surface area (TPSA) is 0 Å². The van der Waals surface area contributed by atoms with Gasteiger partial charge >= 0.3 is 197 Å². The number of hydrogen-bond donors (Lipinski definition) is 0. The SMILES string of the molecule is CC1=Cc2c(cccc2[Si](C)(C)C)[CH]1[Hf+2]1([CH]2C(C)=Cc3c2cccc3[Si](C)(C)C)[CH2][CH2]1.[Cl-].[Cl-]. The zero-order valence-corrected chi connectivity index (χ0v) is 28.5. The van der Waals surface area contributed by atoms with Crippen molar-refractivity contribution in [3.63, 3.8) is 0 Å². The van der Waals surface area contributed by atoms with Crippen LogP contribution in [-0.4, -0.2) is 16.1 Å². The maximum absolute atomic E-state index is 2.61. The van der Waals surface area contributed by atoms with Crippen LogP contribution >= 0.6 is 0 Å². The van der Waals surface area contributed by atoms with E-state index >= 15 is 0 Å². The van der Waals surface area contributed by atoms with Crippen LogP contribution in [-0.2, 0) is 20.0 Å². The molecule has 2 aromatic rings. The number of rotatable bonds is 4. The number of benzene rings is 2. The minimum absolute atomic E-state index is 0. The molecule has 5 heteroatoms. The fraction of sp³-hybridized carbons (Fsp3) is 0.429. The van der Waals surface area contributed by atoms with Gasteiger partial charge in [0.05, 0.1) is 0 Å². The predicted octanol–water partition coefficient (Wildman–Crippen LogP) is 1.41. The van der Waals surface area contributed by atoms with Crippen LogP contribution < -0.4 is 35.2 Å². The molecule has 2 aliphatic carbocycles. The molecule has 1 aliphatic heterocycles. The fourth-order valence-corrected chi connectivity index (χ4v) is 38.3. The summed E-state index contributed by atoms with van der Waals surface area (Å²) in [7, 11) is -2.69. The summed E-state index contributed by atoms with van der Waals surface area (Å²) in [4.78, 5) is 0. The second-order valence-electron chi connectivity index (χ2n) is 12.5. The molecule has 1 fully saturated rings. The van der Waals surface area contributed by atoms with Crippen LogP contribution in [0.15, 0.2) is 47.5 Å².